The van der Waals surface area contributed by atoms with E-state index in [0.29, 0.717) is 16.2 Å². The number of imide groups is 1. The van der Waals surface area contributed by atoms with Crippen molar-refractivity contribution in [3.05, 3.63) is 65.5 Å². The molecule has 1 aliphatic heterocycles. The number of ether oxygens (including phenoxy) is 1. The number of rotatable bonds is 5. The van der Waals surface area contributed by atoms with E-state index in [1.165, 1.54) is 12.1 Å². The standard InChI is InChI=1S/C16H12FNO4/c17-13-7-3-4-8-14(13)21-9-10-22-18-15(19)11-5-1-2-6-12(11)16(18)20/h1-8H,9-10H2. The summed E-state index contributed by atoms with van der Waals surface area (Å²) in [4.78, 5) is 29.2. The molecule has 0 saturated heterocycles. The molecule has 3 rings (SSSR count). The first-order valence-electron chi connectivity index (χ1n) is 6.66. The maximum absolute atomic E-state index is 13.3. The zero-order valence-corrected chi connectivity index (χ0v) is 11.5. The van der Waals surface area contributed by atoms with E-state index in [-0.39, 0.29) is 19.0 Å². The van der Waals surface area contributed by atoms with Crippen molar-refractivity contribution in [2.45, 2.75) is 0 Å². The summed E-state index contributed by atoms with van der Waals surface area (Å²) in [7, 11) is 0. The Hall–Kier alpha value is -2.73. The highest BCUT2D eigenvalue weighted by Crippen LogP contribution is 2.22. The lowest BCUT2D eigenvalue weighted by Crippen LogP contribution is -2.31. The largest absolute Gasteiger partial charge is 0.488 e. The first kappa shape index (κ1) is 14.2. The normalized spacial score (nSPS) is 13.4. The second-order valence-corrected chi connectivity index (χ2v) is 4.56. The van der Waals surface area contributed by atoms with Crippen LogP contribution in [0.1, 0.15) is 20.7 Å². The van der Waals surface area contributed by atoms with E-state index in [9.17, 15) is 14.0 Å². The van der Waals surface area contributed by atoms with Gasteiger partial charge in [-0.25, -0.2) is 4.39 Å². The molecule has 1 aliphatic rings. The van der Waals surface area contributed by atoms with Crippen molar-refractivity contribution in [3.63, 3.8) is 0 Å². The third-order valence-electron chi connectivity index (χ3n) is 3.15. The molecule has 0 aliphatic carbocycles. The minimum Gasteiger partial charge on any atom is -0.488 e. The average Bonchev–Trinajstić information content (AvgIpc) is 2.78. The van der Waals surface area contributed by atoms with Crippen LogP contribution >= 0.6 is 0 Å². The molecule has 0 unspecified atom stereocenters. The van der Waals surface area contributed by atoms with Crippen LogP contribution in [0.25, 0.3) is 0 Å². The number of nitrogens with zero attached hydrogens (tertiary/aromatic N) is 1. The summed E-state index contributed by atoms with van der Waals surface area (Å²) in [5, 5.41) is 0.704. The Morgan fingerprint density at radius 3 is 2.09 bits per heavy atom. The molecule has 0 bridgehead atoms. The van der Waals surface area contributed by atoms with Crippen LogP contribution in [0.2, 0.25) is 0 Å². The topological polar surface area (TPSA) is 55.8 Å². The van der Waals surface area contributed by atoms with Gasteiger partial charge in [0.2, 0.25) is 0 Å². The zero-order chi connectivity index (χ0) is 15.5. The average molecular weight is 301 g/mol. The zero-order valence-electron chi connectivity index (χ0n) is 11.5. The molecule has 0 saturated carbocycles. The molecule has 2 aromatic rings. The lowest BCUT2D eigenvalue weighted by atomic mass is 10.1. The van der Waals surface area contributed by atoms with Crippen molar-refractivity contribution in [3.8, 4) is 5.75 Å². The lowest BCUT2D eigenvalue weighted by Gasteiger charge is -2.13. The number of amides is 2. The smallest absolute Gasteiger partial charge is 0.285 e. The first-order valence-corrected chi connectivity index (χ1v) is 6.66. The van der Waals surface area contributed by atoms with Gasteiger partial charge in [-0.1, -0.05) is 24.3 Å². The number of para-hydroxylation sites is 1. The van der Waals surface area contributed by atoms with Gasteiger partial charge in [0.05, 0.1) is 11.1 Å². The maximum atomic E-state index is 13.3. The van der Waals surface area contributed by atoms with E-state index < -0.39 is 17.6 Å². The van der Waals surface area contributed by atoms with E-state index >= 15 is 0 Å². The molecule has 0 fully saturated rings. The SMILES string of the molecule is O=C1c2ccccc2C(=O)N1OCCOc1ccccc1F. The van der Waals surface area contributed by atoms with Crippen LogP contribution in [0.15, 0.2) is 48.5 Å². The minimum atomic E-state index is -0.508. The van der Waals surface area contributed by atoms with Gasteiger partial charge in [-0.15, -0.1) is 5.06 Å². The predicted octanol–water partition coefficient (Wildman–Crippen LogP) is 2.43. The Morgan fingerprint density at radius 2 is 1.45 bits per heavy atom. The molecule has 0 spiro atoms. The van der Waals surface area contributed by atoms with Crippen molar-refractivity contribution < 1.29 is 23.6 Å². The summed E-state index contributed by atoms with van der Waals surface area (Å²) in [6.45, 7) is -0.0475. The molecule has 0 atom stereocenters. The quantitative estimate of drug-likeness (QED) is 0.629. The van der Waals surface area contributed by atoms with Gasteiger partial charge in [0, 0.05) is 0 Å². The van der Waals surface area contributed by atoms with Crippen LogP contribution in [0, 0.1) is 5.82 Å². The molecule has 0 aromatic heterocycles. The second-order valence-electron chi connectivity index (χ2n) is 4.56. The van der Waals surface area contributed by atoms with Crippen molar-refractivity contribution in [2.75, 3.05) is 13.2 Å². The molecule has 112 valence electrons. The molecule has 5 nitrogen and oxygen atoms in total. The van der Waals surface area contributed by atoms with E-state index in [2.05, 4.69) is 0 Å². The van der Waals surface area contributed by atoms with Crippen LogP contribution < -0.4 is 4.74 Å². The molecule has 0 radical (unpaired) electrons. The van der Waals surface area contributed by atoms with Crippen LogP contribution in [0.5, 0.6) is 5.75 Å². The number of carbonyl (C=O) groups is 2. The van der Waals surface area contributed by atoms with Gasteiger partial charge in [-0.2, -0.15) is 0 Å². The third kappa shape index (κ3) is 2.56. The number of carbonyl (C=O) groups excluding carboxylic acids is 2. The van der Waals surface area contributed by atoms with Crippen molar-refractivity contribution >= 4 is 11.8 Å². The molecule has 0 N–H and O–H groups in total. The van der Waals surface area contributed by atoms with Gasteiger partial charge in [-0.05, 0) is 24.3 Å². The van der Waals surface area contributed by atoms with E-state index in [4.69, 9.17) is 9.57 Å². The summed E-state index contributed by atoms with van der Waals surface area (Å²) in [6.07, 6.45) is 0. The lowest BCUT2D eigenvalue weighted by molar-refractivity contribution is -0.0977. The number of hydrogen-bond donors (Lipinski definition) is 0. The Labute approximate surface area is 125 Å². The summed E-state index contributed by atoms with van der Waals surface area (Å²) in [6, 6.07) is 12.4. The molecule has 6 heteroatoms. The highest BCUT2D eigenvalue weighted by Gasteiger charge is 2.36. The fourth-order valence-corrected chi connectivity index (χ4v) is 2.13. The summed E-state index contributed by atoms with van der Waals surface area (Å²) >= 11 is 0. The maximum Gasteiger partial charge on any atom is 0.285 e. The van der Waals surface area contributed by atoms with Gasteiger partial charge in [0.25, 0.3) is 11.8 Å². The summed E-state index contributed by atoms with van der Waals surface area (Å²) in [5.41, 5.74) is 0.616. The van der Waals surface area contributed by atoms with Crippen molar-refractivity contribution in [1.29, 1.82) is 0 Å². The van der Waals surface area contributed by atoms with Crippen molar-refractivity contribution in [1.82, 2.24) is 5.06 Å². The number of hydroxylamine groups is 2. The highest BCUT2D eigenvalue weighted by atomic mass is 19.1. The van der Waals surface area contributed by atoms with Crippen molar-refractivity contribution in [2.24, 2.45) is 0 Å². The van der Waals surface area contributed by atoms with Crippen LogP contribution in [0.4, 0.5) is 4.39 Å². The molecule has 1 heterocycles. The molecule has 2 aromatic carbocycles. The minimum absolute atomic E-state index is 0.00827. The van der Waals surface area contributed by atoms with Gasteiger partial charge in [-0.3, -0.25) is 14.4 Å². The molecular weight excluding hydrogens is 289 g/mol. The fraction of sp³-hybridized carbons (Fsp3) is 0.125. The Morgan fingerprint density at radius 1 is 0.864 bits per heavy atom. The first-order chi connectivity index (χ1) is 10.7. The van der Waals surface area contributed by atoms with E-state index in [0.717, 1.165) is 0 Å². The Kier molecular flexibility index (Phi) is 3.84. The fourth-order valence-electron chi connectivity index (χ4n) is 2.13. The van der Waals surface area contributed by atoms with Gasteiger partial charge in [0.15, 0.2) is 11.6 Å². The van der Waals surface area contributed by atoms with Gasteiger partial charge >= 0.3 is 0 Å². The van der Waals surface area contributed by atoms with Gasteiger partial charge in [0.1, 0.15) is 13.2 Å². The predicted molar refractivity (Wildman–Crippen MR) is 74.8 cm³/mol. The number of fused-ring (bicyclic) bond motifs is 1. The monoisotopic (exact) mass is 301 g/mol. The summed E-state index contributed by atoms with van der Waals surface area (Å²) < 4.78 is 18.5. The Balaban J connectivity index is 1.56. The van der Waals surface area contributed by atoms with Crippen LogP contribution in [-0.2, 0) is 4.84 Å². The summed E-state index contributed by atoms with van der Waals surface area (Å²) in [5.74, 6) is -1.41. The molecular formula is C16H12FNO4. The third-order valence-corrected chi connectivity index (χ3v) is 3.15. The molecule has 2 amide bonds. The van der Waals surface area contributed by atoms with E-state index in [1.807, 2.05) is 0 Å². The highest BCUT2D eigenvalue weighted by molar-refractivity contribution is 6.20. The van der Waals surface area contributed by atoms with E-state index in [1.54, 1.807) is 36.4 Å². The number of benzene rings is 2. The van der Waals surface area contributed by atoms with Crippen LogP contribution in [-0.4, -0.2) is 30.1 Å². The second kappa shape index (κ2) is 5.95. The molecule has 22 heavy (non-hydrogen) atoms. The number of hydrogen-bond acceptors (Lipinski definition) is 4. The number of halogens is 1. The Bertz CT molecular complexity index is 697. The van der Waals surface area contributed by atoms with Gasteiger partial charge < -0.3 is 4.74 Å². The van der Waals surface area contributed by atoms with Crippen LogP contribution in [0.3, 0.4) is 0 Å².